The first-order valence-electron chi connectivity index (χ1n) is 7.99. The molecule has 2 fully saturated rings. The number of likely N-dealkylation sites (tertiary alicyclic amines) is 1. The zero-order chi connectivity index (χ0) is 16.0. The third kappa shape index (κ3) is 2.20. The summed E-state index contributed by atoms with van der Waals surface area (Å²) < 4.78 is 4.70. The molecule has 3 aliphatic heterocycles. The smallest absolute Gasteiger partial charge is 0.324 e. The Balaban J connectivity index is 1.46. The number of hydrogen-bond donors (Lipinski definition) is 0. The molecule has 120 valence electrons. The molecular formula is C17H18N2O4. The molecule has 0 N–H and O–H groups in total. The van der Waals surface area contributed by atoms with Gasteiger partial charge in [0.05, 0.1) is 11.8 Å². The van der Waals surface area contributed by atoms with Gasteiger partial charge in [-0.2, -0.15) is 0 Å². The number of cyclic esters (lactones) is 2. The fraction of sp³-hybridized carbons (Fsp3) is 0.471. The normalized spacial score (nSPS) is 22.4. The third-order valence-corrected chi connectivity index (χ3v) is 5.23. The summed E-state index contributed by atoms with van der Waals surface area (Å²) in [5, 5.41) is 0. The maximum atomic E-state index is 12.8. The van der Waals surface area contributed by atoms with Gasteiger partial charge in [-0.15, -0.1) is 0 Å². The van der Waals surface area contributed by atoms with Crippen molar-refractivity contribution in [2.24, 2.45) is 5.41 Å². The lowest BCUT2D eigenvalue weighted by Gasteiger charge is -2.37. The van der Waals surface area contributed by atoms with Gasteiger partial charge in [-0.3, -0.25) is 14.5 Å². The predicted molar refractivity (Wildman–Crippen MR) is 81.8 cm³/mol. The van der Waals surface area contributed by atoms with E-state index in [4.69, 9.17) is 4.74 Å². The van der Waals surface area contributed by atoms with Crippen LogP contribution in [0.3, 0.4) is 0 Å². The molecule has 2 saturated heterocycles. The highest BCUT2D eigenvalue weighted by molar-refractivity contribution is 5.98. The zero-order valence-electron chi connectivity index (χ0n) is 12.8. The summed E-state index contributed by atoms with van der Waals surface area (Å²) in [6.07, 6.45) is 2.03. The molecular weight excluding hydrogens is 296 g/mol. The second kappa shape index (κ2) is 5.08. The van der Waals surface area contributed by atoms with Crippen LogP contribution in [0.4, 0.5) is 10.5 Å². The SMILES string of the molecule is O=C1CC2(CCN(C(=O)N3CCc4ccccc43)CC2)C(=O)O1. The Morgan fingerprint density at radius 1 is 1.09 bits per heavy atom. The van der Waals surface area contributed by atoms with E-state index in [9.17, 15) is 14.4 Å². The fourth-order valence-electron chi connectivity index (χ4n) is 3.81. The van der Waals surface area contributed by atoms with Gasteiger partial charge in [0.1, 0.15) is 0 Å². The van der Waals surface area contributed by atoms with E-state index in [0.29, 0.717) is 32.5 Å². The summed E-state index contributed by atoms with van der Waals surface area (Å²) in [4.78, 5) is 39.6. The molecule has 1 aromatic carbocycles. The molecule has 6 heteroatoms. The number of rotatable bonds is 0. The number of carbonyl (C=O) groups excluding carboxylic acids is 3. The van der Waals surface area contributed by atoms with Gasteiger partial charge in [0, 0.05) is 25.3 Å². The van der Waals surface area contributed by atoms with Crippen LogP contribution in [0.2, 0.25) is 0 Å². The summed E-state index contributed by atoms with van der Waals surface area (Å²) in [7, 11) is 0. The average molecular weight is 314 g/mol. The molecule has 1 aromatic rings. The van der Waals surface area contributed by atoms with Crippen LogP contribution in [-0.4, -0.2) is 42.5 Å². The molecule has 4 rings (SSSR count). The second-order valence-electron chi connectivity index (χ2n) is 6.52. The van der Waals surface area contributed by atoms with Crippen molar-refractivity contribution in [1.82, 2.24) is 4.90 Å². The molecule has 2 amide bonds. The Bertz CT molecular complexity index is 692. The van der Waals surface area contributed by atoms with E-state index in [-0.39, 0.29) is 12.5 Å². The first-order chi connectivity index (χ1) is 11.1. The monoisotopic (exact) mass is 314 g/mol. The molecule has 3 heterocycles. The van der Waals surface area contributed by atoms with Crippen LogP contribution in [0, 0.1) is 5.41 Å². The minimum atomic E-state index is -0.698. The van der Waals surface area contributed by atoms with Gasteiger partial charge in [-0.1, -0.05) is 18.2 Å². The van der Waals surface area contributed by atoms with Crippen molar-refractivity contribution in [2.75, 3.05) is 24.5 Å². The van der Waals surface area contributed by atoms with E-state index < -0.39 is 17.4 Å². The number of anilines is 1. The average Bonchev–Trinajstić information content (AvgIpc) is 3.09. The van der Waals surface area contributed by atoms with E-state index in [0.717, 1.165) is 12.1 Å². The van der Waals surface area contributed by atoms with E-state index in [1.54, 1.807) is 4.90 Å². The van der Waals surface area contributed by atoms with Crippen LogP contribution in [0.5, 0.6) is 0 Å². The van der Waals surface area contributed by atoms with Gasteiger partial charge in [-0.25, -0.2) is 4.79 Å². The Morgan fingerprint density at radius 3 is 2.52 bits per heavy atom. The van der Waals surface area contributed by atoms with E-state index in [1.165, 1.54) is 5.56 Å². The first kappa shape index (κ1) is 14.2. The molecule has 1 spiro atoms. The molecule has 0 aromatic heterocycles. The molecule has 0 aliphatic carbocycles. The van der Waals surface area contributed by atoms with Crippen molar-refractivity contribution in [2.45, 2.75) is 25.7 Å². The van der Waals surface area contributed by atoms with Gasteiger partial charge >= 0.3 is 18.0 Å². The van der Waals surface area contributed by atoms with Crippen LogP contribution in [-0.2, 0) is 20.7 Å². The highest BCUT2D eigenvalue weighted by Gasteiger charge is 2.51. The van der Waals surface area contributed by atoms with Crippen molar-refractivity contribution in [3.05, 3.63) is 29.8 Å². The Kier molecular flexibility index (Phi) is 3.14. The number of amides is 2. The summed E-state index contributed by atoms with van der Waals surface area (Å²) in [6.45, 7) is 1.67. The Morgan fingerprint density at radius 2 is 1.83 bits per heavy atom. The predicted octanol–water partition coefficient (Wildman–Crippen LogP) is 1.72. The van der Waals surface area contributed by atoms with Gasteiger partial charge in [0.15, 0.2) is 0 Å². The van der Waals surface area contributed by atoms with E-state index >= 15 is 0 Å². The highest BCUT2D eigenvalue weighted by atomic mass is 16.6. The molecule has 0 saturated carbocycles. The van der Waals surface area contributed by atoms with Crippen LogP contribution >= 0.6 is 0 Å². The highest BCUT2D eigenvalue weighted by Crippen LogP contribution is 2.41. The molecule has 0 unspecified atom stereocenters. The standard InChI is InChI=1S/C17H18N2O4/c20-14-11-17(15(21)23-14)6-9-18(10-7-17)16(22)19-8-5-12-3-1-2-4-13(12)19/h1-4H,5-11H2. The van der Waals surface area contributed by atoms with Crippen LogP contribution in [0.15, 0.2) is 24.3 Å². The minimum Gasteiger partial charge on any atom is -0.393 e. The summed E-state index contributed by atoms with van der Waals surface area (Å²) in [6, 6.07) is 7.94. The molecule has 6 nitrogen and oxygen atoms in total. The van der Waals surface area contributed by atoms with Crippen molar-refractivity contribution in [3.63, 3.8) is 0 Å². The van der Waals surface area contributed by atoms with Crippen molar-refractivity contribution < 1.29 is 19.1 Å². The fourth-order valence-corrected chi connectivity index (χ4v) is 3.81. The van der Waals surface area contributed by atoms with E-state index in [2.05, 4.69) is 0 Å². The molecule has 3 aliphatic rings. The number of urea groups is 1. The number of nitrogens with zero attached hydrogens (tertiary/aromatic N) is 2. The molecule has 0 atom stereocenters. The Hall–Kier alpha value is -2.37. The minimum absolute atomic E-state index is 0.0116. The number of benzene rings is 1. The summed E-state index contributed by atoms with van der Waals surface area (Å²) >= 11 is 0. The van der Waals surface area contributed by atoms with E-state index in [1.807, 2.05) is 29.2 Å². The number of hydrogen-bond acceptors (Lipinski definition) is 4. The first-order valence-corrected chi connectivity index (χ1v) is 7.99. The van der Waals surface area contributed by atoms with Crippen molar-refractivity contribution in [3.8, 4) is 0 Å². The van der Waals surface area contributed by atoms with Crippen molar-refractivity contribution >= 4 is 23.7 Å². The number of ether oxygens (including phenoxy) is 1. The lowest BCUT2D eigenvalue weighted by molar-refractivity contribution is -0.156. The van der Waals surface area contributed by atoms with Gasteiger partial charge < -0.3 is 9.64 Å². The van der Waals surface area contributed by atoms with Crippen molar-refractivity contribution in [1.29, 1.82) is 0 Å². The lowest BCUT2D eigenvalue weighted by atomic mass is 9.77. The zero-order valence-corrected chi connectivity index (χ0v) is 12.8. The number of piperidine rings is 1. The number of esters is 2. The second-order valence-corrected chi connectivity index (χ2v) is 6.52. The summed E-state index contributed by atoms with van der Waals surface area (Å²) in [5.74, 6) is -0.857. The van der Waals surface area contributed by atoms with Crippen LogP contribution in [0.25, 0.3) is 0 Å². The topological polar surface area (TPSA) is 66.9 Å². The maximum absolute atomic E-state index is 12.8. The van der Waals surface area contributed by atoms with Crippen LogP contribution in [0.1, 0.15) is 24.8 Å². The third-order valence-electron chi connectivity index (χ3n) is 5.23. The number of carbonyl (C=O) groups is 3. The quantitative estimate of drug-likeness (QED) is 0.540. The van der Waals surface area contributed by atoms with Gasteiger partial charge in [0.2, 0.25) is 0 Å². The number of fused-ring (bicyclic) bond motifs is 1. The van der Waals surface area contributed by atoms with Gasteiger partial charge in [-0.05, 0) is 30.9 Å². The van der Waals surface area contributed by atoms with Gasteiger partial charge in [0.25, 0.3) is 0 Å². The Labute approximate surface area is 134 Å². The largest absolute Gasteiger partial charge is 0.393 e. The van der Waals surface area contributed by atoms with Crippen LogP contribution < -0.4 is 4.90 Å². The number of para-hydroxylation sites is 1. The molecule has 23 heavy (non-hydrogen) atoms. The molecule has 0 radical (unpaired) electrons. The molecule has 0 bridgehead atoms. The lowest BCUT2D eigenvalue weighted by Crippen LogP contribution is -2.49. The summed E-state index contributed by atoms with van der Waals surface area (Å²) in [5.41, 5.74) is 1.48. The maximum Gasteiger partial charge on any atom is 0.324 e.